The van der Waals surface area contributed by atoms with Crippen LogP contribution in [0.25, 0.3) is 10.9 Å². The molecule has 2 aliphatic rings. The van der Waals surface area contributed by atoms with E-state index in [0.717, 1.165) is 52.5 Å². The first-order valence-corrected chi connectivity index (χ1v) is 12.5. The van der Waals surface area contributed by atoms with Crippen molar-refractivity contribution < 1.29 is 9.53 Å². The monoisotopic (exact) mass is 449 g/mol. The number of hydrogen-bond acceptors (Lipinski definition) is 4. The molecule has 0 atom stereocenters. The van der Waals surface area contributed by atoms with E-state index < -0.39 is 0 Å². The number of carbonyl (C=O) groups excluding carboxylic acids is 1. The summed E-state index contributed by atoms with van der Waals surface area (Å²) in [5.41, 5.74) is 2.96. The molecule has 0 unspecified atom stereocenters. The zero-order valence-corrected chi connectivity index (χ0v) is 19.9. The quantitative estimate of drug-likeness (QED) is 0.589. The Bertz CT molecular complexity index is 1140. The Morgan fingerprint density at radius 2 is 1.94 bits per heavy atom. The molecule has 176 valence electrons. The second-order valence-corrected chi connectivity index (χ2v) is 9.51. The van der Waals surface area contributed by atoms with Crippen LogP contribution in [0.3, 0.4) is 0 Å². The van der Waals surface area contributed by atoms with E-state index in [1.807, 2.05) is 12.1 Å². The fourth-order valence-electron chi connectivity index (χ4n) is 5.75. The lowest BCUT2D eigenvalue weighted by Gasteiger charge is -2.26. The van der Waals surface area contributed by atoms with Crippen molar-refractivity contribution >= 4 is 16.8 Å². The summed E-state index contributed by atoms with van der Waals surface area (Å²) in [7, 11) is 1.67. The average molecular weight is 450 g/mol. The molecule has 2 aromatic heterocycles. The smallest absolute Gasteiger partial charge is 0.253 e. The Labute approximate surface area is 195 Å². The van der Waals surface area contributed by atoms with Crippen molar-refractivity contribution in [3.8, 4) is 5.75 Å². The molecule has 0 bridgehead atoms. The van der Waals surface area contributed by atoms with Crippen LogP contribution in [0.5, 0.6) is 5.75 Å². The molecule has 3 heterocycles. The van der Waals surface area contributed by atoms with Gasteiger partial charge >= 0.3 is 0 Å². The van der Waals surface area contributed by atoms with Crippen molar-refractivity contribution in [1.29, 1.82) is 0 Å². The molecule has 5 rings (SSSR count). The second-order valence-electron chi connectivity index (χ2n) is 9.51. The number of nitrogens with zero attached hydrogens (tertiary/aromatic N) is 4. The number of ether oxygens (including phenoxy) is 1. The molecule has 33 heavy (non-hydrogen) atoms. The van der Waals surface area contributed by atoms with E-state index in [2.05, 4.69) is 37.6 Å². The SMILES string of the molecule is COc1ccc2c(c1)c(C(=O)NCCc1nnc3n1CCCCC3)c(C)n2C1CCCCC1. The van der Waals surface area contributed by atoms with Crippen LogP contribution >= 0.6 is 0 Å². The van der Waals surface area contributed by atoms with Crippen LogP contribution in [0.2, 0.25) is 0 Å². The van der Waals surface area contributed by atoms with Crippen LogP contribution in [-0.2, 0) is 19.4 Å². The zero-order valence-electron chi connectivity index (χ0n) is 19.9. The standard InChI is InChI=1S/C26H35N5O2/c1-18-25(26(32)27-15-14-24-29-28-23-11-7-4-8-16-30(23)24)21-17-20(33-2)12-13-22(21)31(18)19-9-5-3-6-10-19/h12-13,17,19H,3-11,14-16H2,1-2H3,(H,27,32). The minimum absolute atomic E-state index is 0.0177. The largest absolute Gasteiger partial charge is 0.497 e. The van der Waals surface area contributed by atoms with Gasteiger partial charge in [0.1, 0.15) is 17.4 Å². The molecule has 7 heteroatoms. The van der Waals surface area contributed by atoms with Gasteiger partial charge in [0.25, 0.3) is 5.91 Å². The molecule has 3 aromatic rings. The molecular formula is C26H35N5O2. The van der Waals surface area contributed by atoms with Gasteiger partial charge in [-0.15, -0.1) is 10.2 Å². The van der Waals surface area contributed by atoms with Crippen LogP contribution in [0, 0.1) is 6.92 Å². The van der Waals surface area contributed by atoms with E-state index >= 15 is 0 Å². The van der Waals surface area contributed by atoms with E-state index in [9.17, 15) is 4.79 Å². The zero-order chi connectivity index (χ0) is 22.8. The maximum atomic E-state index is 13.4. The molecule has 0 spiro atoms. The molecule has 1 aliphatic heterocycles. The van der Waals surface area contributed by atoms with Crippen molar-refractivity contribution in [1.82, 2.24) is 24.6 Å². The van der Waals surface area contributed by atoms with E-state index in [1.165, 1.54) is 51.4 Å². The first-order valence-electron chi connectivity index (χ1n) is 12.5. The lowest BCUT2D eigenvalue weighted by Crippen LogP contribution is -2.27. The number of fused-ring (bicyclic) bond motifs is 2. The average Bonchev–Trinajstić information content (AvgIpc) is 3.25. The van der Waals surface area contributed by atoms with Crippen molar-refractivity contribution in [3.63, 3.8) is 0 Å². The fourth-order valence-corrected chi connectivity index (χ4v) is 5.75. The second kappa shape index (κ2) is 9.57. The summed E-state index contributed by atoms with van der Waals surface area (Å²) in [6, 6.07) is 6.58. The summed E-state index contributed by atoms with van der Waals surface area (Å²) in [4.78, 5) is 13.4. The number of amides is 1. The summed E-state index contributed by atoms with van der Waals surface area (Å²) in [6.45, 7) is 3.63. The maximum Gasteiger partial charge on any atom is 0.253 e. The molecule has 1 saturated carbocycles. The van der Waals surface area contributed by atoms with Gasteiger partial charge in [0, 0.05) is 48.6 Å². The van der Waals surface area contributed by atoms with Crippen LogP contribution in [-0.4, -0.2) is 38.9 Å². The number of benzene rings is 1. The third-order valence-electron chi connectivity index (χ3n) is 7.44. The highest BCUT2D eigenvalue weighted by Gasteiger charge is 2.25. The van der Waals surface area contributed by atoms with Crippen molar-refractivity contribution in [2.24, 2.45) is 0 Å². The number of hydrogen-bond donors (Lipinski definition) is 1. The fraction of sp³-hybridized carbons (Fsp3) is 0.577. The number of carbonyl (C=O) groups is 1. The highest BCUT2D eigenvalue weighted by atomic mass is 16.5. The molecule has 1 aliphatic carbocycles. The molecule has 1 fully saturated rings. The van der Waals surface area contributed by atoms with Gasteiger partial charge in [-0.05, 0) is 50.8 Å². The molecular weight excluding hydrogens is 414 g/mol. The van der Waals surface area contributed by atoms with E-state index in [0.29, 0.717) is 19.0 Å². The van der Waals surface area contributed by atoms with Gasteiger partial charge in [-0.25, -0.2) is 0 Å². The molecule has 0 radical (unpaired) electrons. The number of aromatic nitrogens is 4. The van der Waals surface area contributed by atoms with Crippen molar-refractivity contribution in [3.05, 3.63) is 41.1 Å². The predicted octanol–water partition coefficient (Wildman–Crippen LogP) is 4.75. The summed E-state index contributed by atoms with van der Waals surface area (Å²) >= 11 is 0. The van der Waals surface area contributed by atoms with Crippen LogP contribution < -0.4 is 10.1 Å². The summed E-state index contributed by atoms with van der Waals surface area (Å²) in [5, 5.41) is 12.9. The molecule has 0 saturated heterocycles. The molecule has 1 amide bonds. The van der Waals surface area contributed by atoms with E-state index in [1.54, 1.807) is 7.11 Å². The number of methoxy groups -OCH3 is 1. The van der Waals surface area contributed by atoms with Crippen molar-refractivity contribution in [2.75, 3.05) is 13.7 Å². The van der Waals surface area contributed by atoms with E-state index in [4.69, 9.17) is 4.74 Å². The Morgan fingerprint density at radius 3 is 2.76 bits per heavy atom. The molecule has 1 N–H and O–H groups in total. The van der Waals surface area contributed by atoms with Gasteiger partial charge in [0.15, 0.2) is 0 Å². The van der Waals surface area contributed by atoms with Gasteiger partial charge in [-0.2, -0.15) is 0 Å². The van der Waals surface area contributed by atoms with Gasteiger partial charge in [-0.1, -0.05) is 25.7 Å². The number of nitrogens with one attached hydrogen (secondary N) is 1. The highest BCUT2D eigenvalue weighted by molar-refractivity contribution is 6.08. The minimum atomic E-state index is -0.0177. The van der Waals surface area contributed by atoms with Crippen molar-refractivity contribution in [2.45, 2.75) is 83.7 Å². The molecule has 1 aromatic carbocycles. The summed E-state index contributed by atoms with van der Waals surface area (Å²) in [6.07, 6.45) is 11.5. The van der Waals surface area contributed by atoms with Gasteiger partial charge in [0.05, 0.1) is 12.7 Å². The normalized spacial score (nSPS) is 17.0. The lowest BCUT2D eigenvalue weighted by atomic mass is 9.95. The van der Waals surface area contributed by atoms with Crippen LogP contribution in [0.1, 0.15) is 85.1 Å². The van der Waals surface area contributed by atoms with Crippen LogP contribution in [0.15, 0.2) is 18.2 Å². The van der Waals surface area contributed by atoms with Gasteiger partial charge < -0.3 is 19.2 Å². The number of rotatable bonds is 6. The highest BCUT2D eigenvalue weighted by Crippen LogP contribution is 2.37. The van der Waals surface area contributed by atoms with E-state index in [-0.39, 0.29) is 5.91 Å². The Kier molecular flexibility index (Phi) is 6.38. The third-order valence-corrected chi connectivity index (χ3v) is 7.44. The Hall–Kier alpha value is -2.83. The minimum Gasteiger partial charge on any atom is -0.497 e. The Morgan fingerprint density at radius 1 is 1.12 bits per heavy atom. The Balaban J connectivity index is 1.39. The van der Waals surface area contributed by atoms with Gasteiger partial charge in [-0.3, -0.25) is 4.79 Å². The molecule has 7 nitrogen and oxygen atoms in total. The lowest BCUT2D eigenvalue weighted by molar-refractivity contribution is 0.0954. The summed E-state index contributed by atoms with van der Waals surface area (Å²) < 4.78 is 10.1. The first-order chi connectivity index (χ1) is 16.2. The predicted molar refractivity (Wildman–Crippen MR) is 129 cm³/mol. The van der Waals surface area contributed by atoms with Gasteiger partial charge in [0.2, 0.25) is 0 Å². The third kappa shape index (κ3) is 4.25. The van der Waals surface area contributed by atoms with Crippen LogP contribution in [0.4, 0.5) is 0 Å². The number of aryl methyl sites for hydroxylation is 1. The summed E-state index contributed by atoms with van der Waals surface area (Å²) in [5.74, 6) is 2.84. The first kappa shape index (κ1) is 22.0. The topological polar surface area (TPSA) is 74.0 Å². The maximum absolute atomic E-state index is 13.4.